The average molecular weight is 414 g/mol. The van der Waals surface area contributed by atoms with E-state index in [2.05, 4.69) is 26.7 Å². The molecule has 3 rings (SSSR count). The molecule has 158 valence electrons. The summed E-state index contributed by atoms with van der Waals surface area (Å²) in [7, 11) is 1.58. The predicted molar refractivity (Wildman–Crippen MR) is 111 cm³/mol. The molecular weight excluding hydrogens is 390 g/mol. The number of hydrogen-bond donors (Lipinski definition) is 0. The van der Waals surface area contributed by atoms with E-state index in [1.165, 1.54) is 6.07 Å². The molecule has 0 aliphatic heterocycles. The summed E-state index contributed by atoms with van der Waals surface area (Å²) in [6.45, 7) is 4.60. The Hall–Kier alpha value is -3.00. The minimum Gasteiger partial charge on any atom is -0.490 e. The Morgan fingerprint density at radius 3 is 2.80 bits per heavy atom. The number of aliphatic imine (C=N–C) groups is 2. The predicted octanol–water partition coefficient (Wildman–Crippen LogP) is 4.13. The number of halogens is 2. The zero-order chi connectivity index (χ0) is 21.3. The summed E-state index contributed by atoms with van der Waals surface area (Å²) in [6, 6.07) is 4.55. The normalized spacial score (nSPS) is 18.6. The summed E-state index contributed by atoms with van der Waals surface area (Å²) in [4.78, 5) is 16.5. The van der Waals surface area contributed by atoms with E-state index in [0.29, 0.717) is 31.0 Å². The molecule has 1 saturated carbocycles. The SMILES string of the molecule is C=N/C=C(\C=N/Cc1ncccn1)C1CC1c1cc(F)c(F)c(OCCCOC)c1. The molecule has 0 amide bonds. The fourth-order valence-corrected chi connectivity index (χ4v) is 3.19. The number of benzene rings is 1. The van der Waals surface area contributed by atoms with E-state index < -0.39 is 11.6 Å². The standard InChI is InChI=1S/C22H24F2N4O2/c1-25-12-16(13-26-14-21-27-5-3-6-28-21)18-11-17(18)15-9-19(23)22(24)20(10-15)30-8-4-7-29-2/h3,5-6,9-10,12-13,17-18H,1,4,7-8,11,14H2,2H3/b16-12+,26-13-. The molecule has 0 spiro atoms. The molecule has 1 heterocycles. The monoisotopic (exact) mass is 414 g/mol. The van der Waals surface area contributed by atoms with Crippen LogP contribution in [-0.2, 0) is 11.3 Å². The minimum atomic E-state index is -0.971. The Kier molecular flexibility index (Phi) is 7.73. The van der Waals surface area contributed by atoms with Gasteiger partial charge in [-0.1, -0.05) is 0 Å². The quantitative estimate of drug-likeness (QED) is 0.410. The van der Waals surface area contributed by atoms with Crippen LogP contribution in [0, 0.1) is 17.6 Å². The van der Waals surface area contributed by atoms with Crippen molar-refractivity contribution >= 4 is 12.9 Å². The van der Waals surface area contributed by atoms with Crippen molar-refractivity contribution in [3.63, 3.8) is 0 Å². The molecular formula is C22H24F2N4O2. The average Bonchev–Trinajstić information content (AvgIpc) is 3.55. The smallest absolute Gasteiger partial charge is 0.200 e. The molecule has 2 unspecified atom stereocenters. The van der Waals surface area contributed by atoms with Gasteiger partial charge in [0.15, 0.2) is 11.6 Å². The van der Waals surface area contributed by atoms with Crippen molar-refractivity contribution in [1.29, 1.82) is 0 Å². The summed E-state index contributed by atoms with van der Waals surface area (Å²) in [5.41, 5.74) is 1.56. The number of nitrogens with zero attached hydrogens (tertiary/aromatic N) is 4. The van der Waals surface area contributed by atoms with Crippen LogP contribution in [0.4, 0.5) is 8.78 Å². The van der Waals surface area contributed by atoms with Gasteiger partial charge < -0.3 is 9.47 Å². The first kappa shape index (κ1) is 21.7. The lowest BCUT2D eigenvalue weighted by Crippen LogP contribution is -2.04. The van der Waals surface area contributed by atoms with Crippen LogP contribution in [-0.4, -0.2) is 43.2 Å². The summed E-state index contributed by atoms with van der Waals surface area (Å²) in [5.74, 6) is -1.21. The van der Waals surface area contributed by atoms with Crippen molar-refractivity contribution in [2.45, 2.75) is 25.3 Å². The van der Waals surface area contributed by atoms with Gasteiger partial charge in [-0.25, -0.2) is 14.4 Å². The van der Waals surface area contributed by atoms with Crippen LogP contribution in [0.5, 0.6) is 5.75 Å². The first-order valence-electron chi connectivity index (χ1n) is 9.66. The van der Waals surface area contributed by atoms with Crippen LogP contribution in [0.2, 0.25) is 0 Å². The highest BCUT2D eigenvalue weighted by molar-refractivity contribution is 5.80. The molecule has 1 aliphatic carbocycles. The van der Waals surface area contributed by atoms with Crippen molar-refractivity contribution < 1.29 is 18.3 Å². The van der Waals surface area contributed by atoms with Gasteiger partial charge in [-0.15, -0.1) is 0 Å². The maximum absolute atomic E-state index is 14.1. The Bertz CT molecular complexity index is 919. The molecule has 30 heavy (non-hydrogen) atoms. The summed E-state index contributed by atoms with van der Waals surface area (Å²) < 4.78 is 38.5. The van der Waals surface area contributed by atoms with Gasteiger partial charge in [0.25, 0.3) is 0 Å². The van der Waals surface area contributed by atoms with Crippen LogP contribution in [0.25, 0.3) is 0 Å². The molecule has 6 nitrogen and oxygen atoms in total. The highest BCUT2D eigenvalue weighted by Crippen LogP contribution is 2.52. The first-order valence-corrected chi connectivity index (χ1v) is 9.66. The van der Waals surface area contributed by atoms with Crippen LogP contribution in [0.15, 0.2) is 52.4 Å². The van der Waals surface area contributed by atoms with Crippen molar-refractivity contribution in [2.75, 3.05) is 20.3 Å². The van der Waals surface area contributed by atoms with Crippen LogP contribution < -0.4 is 4.74 Å². The lowest BCUT2D eigenvalue weighted by molar-refractivity contribution is 0.170. The second-order valence-corrected chi connectivity index (χ2v) is 6.90. The van der Waals surface area contributed by atoms with E-state index in [1.807, 2.05) is 0 Å². The molecule has 1 aromatic heterocycles. The Morgan fingerprint density at radius 1 is 1.27 bits per heavy atom. The van der Waals surface area contributed by atoms with Crippen molar-refractivity contribution in [3.8, 4) is 5.75 Å². The second-order valence-electron chi connectivity index (χ2n) is 6.90. The number of aromatic nitrogens is 2. The van der Waals surface area contributed by atoms with Gasteiger partial charge >= 0.3 is 0 Å². The van der Waals surface area contributed by atoms with E-state index in [4.69, 9.17) is 9.47 Å². The molecule has 8 heteroatoms. The molecule has 2 atom stereocenters. The lowest BCUT2D eigenvalue weighted by Gasteiger charge is -2.10. The molecule has 1 fully saturated rings. The third kappa shape index (κ3) is 5.76. The number of methoxy groups -OCH3 is 1. The first-order chi connectivity index (χ1) is 14.6. The molecule has 0 saturated heterocycles. The fraction of sp³-hybridized carbons (Fsp3) is 0.364. The highest BCUT2D eigenvalue weighted by Gasteiger charge is 2.41. The zero-order valence-electron chi connectivity index (χ0n) is 16.8. The molecule has 1 aliphatic rings. The molecule has 0 N–H and O–H groups in total. The van der Waals surface area contributed by atoms with E-state index in [1.54, 1.807) is 44.1 Å². The van der Waals surface area contributed by atoms with E-state index in [0.717, 1.165) is 12.0 Å². The third-order valence-corrected chi connectivity index (χ3v) is 4.75. The molecule has 1 aromatic carbocycles. The van der Waals surface area contributed by atoms with Crippen molar-refractivity contribution in [2.24, 2.45) is 15.9 Å². The van der Waals surface area contributed by atoms with E-state index in [9.17, 15) is 8.78 Å². The summed E-state index contributed by atoms with van der Waals surface area (Å²) >= 11 is 0. The second kappa shape index (κ2) is 10.7. The Labute approximate surface area is 174 Å². The lowest BCUT2D eigenvalue weighted by atomic mass is 10.0. The van der Waals surface area contributed by atoms with Gasteiger partial charge in [0, 0.05) is 44.9 Å². The number of hydrogen-bond acceptors (Lipinski definition) is 6. The zero-order valence-corrected chi connectivity index (χ0v) is 16.8. The number of rotatable bonds is 11. The van der Waals surface area contributed by atoms with Crippen LogP contribution >= 0.6 is 0 Å². The van der Waals surface area contributed by atoms with E-state index in [-0.39, 0.29) is 24.2 Å². The maximum Gasteiger partial charge on any atom is 0.200 e. The Morgan fingerprint density at radius 2 is 2.07 bits per heavy atom. The van der Waals surface area contributed by atoms with Crippen LogP contribution in [0.1, 0.15) is 30.1 Å². The van der Waals surface area contributed by atoms with Gasteiger partial charge in [0.05, 0.1) is 13.2 Å². The maximum atomic E-state index is 14.1. The largest absolute Gasteiger partial charge is 0.490 e. The minimum absolute atomic E-state index is 0.0360. The third-order valence-electron chi connectivity index (χ3n) is 4.75. The van der Waals surface area contributed by atoms with Gasteiger partial charge in [-0.3, -0.25) is 9.98 Å². The van der Waals surface area contributed by atoms with Gasteiger partial charge in [0.1, 0.15) is 5.82 Å². The topological polar surface area (TPSA) is 69.0 Å². The molecule has 0 radical (unpaired) electrons. The van der Waals surface area contributed by atoms with Crippen LogP contribution in [0.3, 0.4) is 0 Å². The number of allylic oxidation sites excluding steroid dienone is 1. The van der Waals surface area contributed by atoms with Gasteiger partial charge in [-0.05, 0) is 54.3 Å². The highest BCUT2D eigenvalue weighted by atomic mass is 19.2. The van der Waals surface area contributed by atoms with Gasteiger partial charge in [0.2, 0.25) is 5.82 Å². The molecule has 0 bridgehead atoms. The van der Waals surface area contributed by atoms with E-state index >= 15 is 0 Å². The number of ether oxygens (including phenoxy) is 2. The van der Waals surface area contributed by atoms with Gasteiger partial charge in [-0.2, -0.15) is 4.39 Å². The van der Waals surface area contributed by atoms with Crippen molar-refractivity contribution in [3.05, 3.63) is 65.4 Å². The fourth-order valence-electron chi connectivity index (χ4n) is 3.19. The Balaban J connectivity index is 1.67. The summed E-state index contributed by atoms with van der Waals surface area (Å²) in [6.07, 6.45) is 8.06. The summed E-state index contributed by atoms with van der Waals surface area (Å²) in [5, 5.41) is 0. The molecule has 2 aromatic rings. The van der Waals surface area contributed by atoms with Crippen molar-refractivity contribution in [1.82, 2.24) is 9.97 Å².